The Balaban J connectivity index is 0.000000191. The fraction of sp³-hybridized carbons (Fsp3) is 0.833. The van der Waals surface area contributed by atoms with Crippen LogP contribution >= 0.6 is 0 Å². The van der Waals surface area contributed by atoms with Crippen molar-refractivity contribution in [1.29, 1.82) is 0 Å². The predicted octanol–water partition coefficient (Wildman–Crippen LogP) is 3.44. The standard InChI is InChI=1S/2C12H19NO4/c2*1-11(2,3)17-10(16)13-6-8-4-5-12(8,7-13)9(14)15/h2*8H,4-7H2,1-3H3,(H,14,15)/t2*8-,12-/m10/s1. The van der Waals surface area contributed by atoms with Crippen LogP contribution in [0.5, 0.6) is 0 Å². The Hall–Kier alpha value is -2.52. The number of rotatable bonds is 2. The largest absolute Gasteiger partial charge is 0.481 e. The Bertz CT molecular complexity index is 790. The summed E-state index contributed by atoms with van der Waals surface area (Å²) in [5.41, 5.74) is -2.46. The number of carbonyl (C=O) groups excluding carboxylic acids is 2. The molecule has 0 radical (unpaired) electrons. The first-order valence-corrected chi connectivity index (χ1v) is 11.9. The molecule has 2 amide bonds. The maximum absolute atomic E-state index is 11.9. The molecule has 0 bridgehead atoms. The van der Waals surface area contributed by atoms with Crippen LogP contribution in [0.15, 0.2) is 0 Å². The van der Waals surface area contributed by atoms with Crippen molar-refractivity contribution in [3.05, 3.63) is 0 Å². The molecule has 2 aliphatic heterocycles. The Morgan fingerprint density at radius 1 is 0.706 bits per heavy atom. The van der Waals surface area contributed by atoms with Crippen LogP contribution in [0.2, 0.25) is 0 Å². The SMILES string of the molecule is CC(C)(C)OC(=O)N1C[C@@H]2CC[C@]2(C(=O)O)C1.CC(C)(C)OC(=O)N1C[C@H]2CC[C@@]2(C(=O)O)C1. The number of hydrogen-bond acceptors (Lipinski definition) is 6. The molecule has 2 aliphatic carbocycles. The molecular weight excluding hydrogens is 444 g/mol. The number of likely N-dealkylation sites (tertiary alicyclic amines) is 2. The third kappa shape index (κ3) is 4.95. The van der Waals surface area contributed by atoms with Crippen molar-refractivity contribution in [2.24, 2.45) is 22.7 Å². The average Bonchev–Trinajstić information content (AvgIpc) is 3.05. The summed E-state index contributed by atoms with van der Waals surface area (Å²) in [6, 6.07) is 0. The zero-order valence-corrected chi connectivity index (χ0v) is 21.0. The molecule has 34 heavy (non-hydrogen) atoms. The number of aliphatic carboxylic acids is 2. The van der Waals surface area contributed by atoms with Crippen LogP contribution in [0, 0.1) is 22.7 Å². The van der Waals surface area contributed by atoms with E-state index in [1.54, 1.807) is 0 Å². The van der Waals surface area contributed by atoms with Crippen molar-refractivity contribution in [2.45, 2.75) is 78.4 Å². The molecule has 0 spiro atoms. The summed E-state index contributed by atoms with van der Waals surface area (Å²) in [5, 5.41) is 18.5. The lowest BCUT2D eigenvalue weighted by Crippen LogP contribution is -2.46. The van der Waals surface area contributed by atoms with Gasteiger partial charge in [-0.2, -0.15) is 0 Å². The molecule has 0 aromatic rings. The highest BCUT2D eigenvalue weighted by atomic mass is 16.6. The minimum atomic E-state index is -0.778. The van der Waals surface area contributed by atoms with Gasteiger partial charge in [-0.3, -0.25) is 9.59 Å². The zero-order valence-electron chi connectivity index (χ0n) is 21.0. The molecule has 2 heterocycles. The predicted molar refractivity (Wildman–Crippen MR) is 121 cm³/mol. The number of amides is 2. The molecule has 2 saturated heterocycles. The van der Waals surface area contributed by atoms with E-state index in [1.807, 2.05) is 41.5 Å². The fourth-order valence-corrected chi connectivity index (χ4v) is 5.31. The first-order valence-electron chi connectivity index (χ1n) is 11.9. The van der Waals surface area contributed by atoms with E-state index in [0.717, 1.165) is 12.8 Å². The minimum absolute atomic E-state index is 0.104. The van der Waals surface area contributed by atoms with Crippen LogP contribution in [-0.2, 0) is 19.1 Å². The lowest BCUT2D eigenvalue weighted by molar-refractivity contribution is -0.157. The summed E-state index contributed by atoms with van der Waals surface area (Å²) in [6.07, 6.45) is 2.34. The van der Waals surface area contributed by atoms with Gasteiger partial charge in [-0.25, -0.2) is 9.59 Å². The Morgan fingerprint density at radius 2 is 1.03 bits per heavy atom. The number of carbonyl (C=O) groups is 4. The van der Waals surface area contributed by atoms with E-state index < -0.39 is 46.2 Å². The summed E-state index contributed by atoms with van der Waals surface area (Å²) < 4.78 is 10.5. The van der Waals surface area contributed by atoms with Gasteiger partial charge in [0.05, 0.1) is 10.8 Å². The van der Waals surface area contributed by atoms with Gasteiger partial charge in [-0.05, 0) is 79.1 Å². The summed E-state index contributed by atoms with van der Waals surface area (Å²) in [6.45, 7) is 12.5. The molecule has 4 atom stereocenters. The number of nitrogens with zero attached hydrogens (tertiary/aromatic N) is 2. The first kappa shape index (κ1) is 26.1. The van der Waals surface area contributed by atoms with Gasteiger partial charge in [0.25, 0.3) is 0 Å². The van der Waals surface area contributed by atoms with E-state index in [9.17, 15) is 29.4 Å². The third-order valence-corrected chi connectivity index (χ3v) is 7.42. The Morgan fingerprint density at radius 3 is 1.21 bits per heavy atom. The van der Waals surface area contributed by atoms with Gasteiger partial charge in [0.1, 0.15) is 11.2 Å². The van der Waals surface area contributed by atoms with Gasteiger partial charge in [-0.15, -0.1) is 0 Å². The summed E-state index contributed by atoms with van der Waals surface area (Å²) >= 11 is 0. The quantitative estimate of drug-likeness (QED) is 0.611. The van der Waals surface area contributed by atoms with Crippen LogP contribution in [0.4, 0.5) is 9.59 Å². The second-order valence-electron chi connectivity index (χ2n) is 12.1. The van der Waals surface area contributed by atoms with Crippen LogP contribution in [0.25, 0.3) is 0 Å². The second kappa shape index (κ2) is 8.61. The highest BCUT2D eigenvalue weighted by Gasteiger charge is 2.60. The summed E-state index contributed by atoms with van der Waals surface area (Å²) in [7, 11) is 0. The van der Waals surface area contributed by atoms with Gasteiger partial charge in [0.15, 0.2) is 0 Å². The maximum Gasteiger partial charge on any atom is 0.410 e. The van der Waals surface area contributed by atoms with Crippen molar-refractivity contribution < 1.29 is 38.9 Å². The smallest absolute Gasteiger partial charge is 0.410 e. The van der Waals surface area contributed by atoms with E-state index in [1.165, 1.54) is 9.80 Å². The molecule has 2 N–H and O–H groups in total. The second-order valence-corrected chi connectivity index (χ2v) is 12.1. The van der Waals surface area contributed by atoms with Crippen LogP contribution in [0.1, 0.15) is 67.2 Å². The molecule has 4 fully saturated rings. The molecule has 2 saturated carbocycles. The van der Waals surface area contributed by atoms with Crippen molar-refractivity contribution in [3.63, 3.8) is 0 Å². The average molecular weight is 483 g/mol. The fourth-order valence-electron chi connectivity index (χ4n) is 5.31. The topological polar surface area (TPSA) is 134 Å². The molecule has 192 valence electrons. The van der Waals surface area contributed by atoms with Gasteiger partial charge in [0.2, 0.25) is 0 Å². The highest BCUT2D eigenvalue weighted by molar-refractivity contribution is 5.80. The van der Waals surface area contributed by atoms with Gasteiger partial charge in [-0.1, -0.05) is 0 Å². The number of carboxylic acids is 2. The first-order chi connectivity index (χ1) is 15.5. The van der Waals surface area contributed by atoms with Crippen LogP contribution in [0.3, 0.4) is 0 Å². The van der Waals surface area contributed by atoms with Crippen molar-refractivity contribution in [3.8, 4) is 0 Å². The third-order valence-electron chi connectivity index (χ3n) is 7.42. The number of hydrogen-bond donors (Lipinski definition) is 2. The minimum Gasteiger partial charge on any atom is -0.481 e. The molecular formula is C24H38N2O8. The summed E-state index contributed by atoms with van der Waals surface area (Å²) in [5.74, 6) is -1.35. The van der Waals surface area contributed by atoms with Gasteiger partial charge < -0.3 is 29.5 Å². The summed E-state index contributed by atoms with van der Waals surface area (Å²) in [4.78, 5) is 49.3. The van der Waals surface area contributed by atoms with Crippen molar-refractivity contribution in [2.75, 3.05) is 26.2 Å². The Labute approximate surface area is 200 Å². The molecule has 0 aromatic carbocycles. The van der Waals surface area contributed by atoms with E-state index in [4.69, 9.17) is 9.47 Å². The van der Waals surface area contributed by atoms with Crippen LogP contribution < -0.4 is 0 Å². The molecule has 0 unspecified atom stereocenters. The maximum atomic E-state index is 11.9. The van der Waals surface area contributed by atoms with Crippen molar-refractivity contribution in [1.82, 2.24) is 9.80 Å². The van der Waals surface area contributed by atoms with E-state index in [2.05, 4.69) is 0 Å². The number of ether oxygens (including phenoxy) is 2. The van der Waals surface area contributed by atoms with Crippen molar-refractivity contribution >= 4 is 24.1 Å². The molecule has 4 rings (SSSR count). The van der Waals surface area contributed by atoms with E-state index in [-0.39, 0.29) is 11.8 Å². The lowest BCUT2D eigenvalue weighted by atomic mass is 9.62. The number of carboxylic acid groups (broad SMARTS) is 2. The van der Waals surface area contributed by atoms with E-state index >= 15 is 0 Å². The van der Waals surface area contributed by atoms with Gasteiger partial charge in [0, 0.05) is 26.2 Å². The molecule has 0 aromatic heterocycles. The molecule has 4 aliphatic rings. The lowest BCUT2D eigenvalue weighted by Gasteiger charge is -2.39. The normalized spacial score (nSPS) is 31.7. The number of fused-ring (bicyclic) bond motifs is 2. The Kier molecular flexibility index (Phi) is 6.60. The molecule has 10 nitrogen and oxygen atoms in total. The van der Waals surface area contributed by atoms with Crippen LogP contribution in [-0.4, -0.2) is 81.5 Å². The monoisotopic (exact) mass is 482 g/mol. The highest BCUT2D eigenvalue weighted by Crippen LogP contribution is 2.53. The zero-order chi connectivity index (χ0) is 25.7. The van der Waals surface area contributed by atoms with E-state index in [0.29, 0.717) is 39.0 Å². The van der Waals surface area contributed by atoms with Gasteiger partial charge >= 0.3 is 24.1 Å². The molecule has 10 heteroatoms.